The van der Waals surface area contributed by atoms with Crippen LogP contribution in [0.15, 0.2) is 36.4 Å². The van der Waals surface area contributed by atoms with Crippen molar-refractivity contribution in [3.05, 3.63) is 68.7 Å². The van der Waals surface area contributed by atoms with E-state index in [4.69, 9.17) is 23.2 Å². The van der Waals surface area contributed by atoms with Gasteiger partial charge in [0.05, 0.1) is 5.75 Å². The number of aryl methyl sites for hydroxylation is 2. The highest BCUT2D eigenvalue weighted by molar-refractivity contribution is 7.99. The molecule has 1 unspecified atom stereocenters. The second-order valence-electron chi connectivity index (χ2n) is 8.53. The van der Waals surface area contributed by atoms with Gasteiger partial charge in [-0.3, -0.25) is 9.59 Å². The molecule has 4 nitrogen and oxygen atoms in total. The number of amides is 2. The lowest BCUT2D eigenvalue weighted by Crippen LogP contribution is -2.48. The predicted molar refractivity (Wildman–Crippen MR) is 136 cm³/mol. The van der Waals surface area contributed by atoms with Gasteiger partial charge in [0.25, 0.3) is 0 Å². The number of thioether (sulfide) groups is 1. The first-order valence-corrected chi connectivity index (χ1v) is 12.6. The van der Waals surface area contributed by atoms with Crippen molar-refractivity contribution in [2.75, 3.05) is 12.3 Å². The Bertz CT molecular complexity index is 909. The van der Waals surface area contributed by atoms with Crippen LogP contribution in [-0.2, 0) is 21.9 Å². The largest absolute Gasteiger partial charge is 0.354 e. The Hall–Kier alpha value is -1.69. The highest BCUT2D eigenvalue weighted by atomic mass is 35.5. The van der Waals surface area contributed by atoms with E-state index in [0.717, 1.165) is 5.75 Å². The molecular weight excluding hydrogens is 463 g/mol. The molecule has 0 fully saturated rings. The van der Waals surface area contributed by atoms with E-state index in [1.54, 1.807) is 30.0 Å². The highest BCUT2D eigenvalue weighted by Crippen LogP contribution is 2.27. The molecule has 0 bridgehead atoms. The third kappa shape index (κ3) is 8.02. The zero-order valence-corrected chi connectivity index (χ0v) is 21.7. The molecule has 7 heteroatoms. The lowest BCUT2D eigenvalue weighted by Gasteiger charge is -2.29. The molecule has 0 radical (unpaired) electrons. The molecule has 174 valence electrons. The van der Waals surface area contributed by atoms with Crippen molar-refractivity contribution in [2.45, 2.75) is 53.0 Å². The standard InChI is InChI=1S/C25H32Cl2N2O2S/c1-16(2)12-28-25(31)19(5)29(13-21-22(26)7-6-8-23(21)27)24(30)15-32-14-20-10-17(3)9-18(4)11-20/h6-11,16,19H,12-15H2,1-5H3,(H,28,31). The summed E-state index contributed by atoms with van der Waals surface area (Å²) in [6, 6.07) is 11.0. The van der Waals surface area contributed by atoms with Crippen molar-refractivity contribution < 1.29 is 9.59 Å². The Morgan fingerprint density at radius 1 is 1.03 bits per heavy atom. The molecule has 0 spiro atoms. The molecule has 2 aromatic carbocycles. The molecular formula is C25H32Cl2N2O2S. The van der Waals surface area contributed by atoms with Crippen molar-refractivity contribution in [3.63, 3.8) is 0 Å². The topological polar surface area (TPSA) is 49.4 Å². The minimum absolute atomic E-state index is 0.123. The molecule has 2 aromatic rings. The van der Waals surface area contributed by atoms with Gasteiger partial charge in [-0.25, -0.2) is 0 Å². The minimum atomic E-state index is -0.643. The number of nitrogens with zero attached hydrogens (tertiary/aromatic N) is 1. The minimum Gasteiger partial charge on any atom is -0.354 e. The van der Waals surface area contributed by atoms with Crippen LogP contribution in [-0.4, -0.2) is 35.1 Å². The van der Waals surface area contributed by atoms with Crippen LogP contribution in [0, 0.1) is 19.8 Å². The van der Waals surface area contributed by atoms with Crippen LogP contribution in [0.25, 0.3) is 0 Å². The molecule has 1 N–H and O–H groups in total. The first kappa shape index (κ1) is 26.6. The van der Waals surface area contributed by atoms with Crippen LogP contribution in [0.3, 0.4) is 0 Å². The zero-order chi connectivity index (χ0) is 23.8. The van der Waals surface area contributed by atoms with Crippen LogP contribution < -0.4 is 5.32 Å². The molecule has 1 atom stereocenters. The summed E-state index contributed by atoms with van der Waals surface area (Å²) in [6.07, 6.45) is 0. The van der Waals surface area contributed by atoms with Crippen LogP contribution >= 0.6 is 35.0 Å². The maximum Gasteiger partial charge on any atom is 0.242 e. The summed E-state index contributed by atoms with van der Waals surface area (Å²) in [5.41, 5.74) is 4.24. The Morgan fingerprint density at radius 2 is 1.62 bits per heavy atom. The third-order valence-corrected chi connectivity index (χ3v) is 6.71. The Kier molecular flexibility index (Phi) is 10.4. The van der Waals surface area contributed by atoms with Gasteiger partial charge in [0.2, 0.25) is 11.8 Å². The molecule has 0 saturated carbocycles. The second-order valence-corrected chi connectivity index (χ2v) is 10.3. The van der Waals surface area contributed by atoms with Crippen LogP contribution in [0.1, 0.15) is 43.0 Å². The van der Waals surface area contributed by atoms with Gasteiger partial charge in [0.15, 0.2) is 0 Å². The van der Waals surface area contributed by atoms with Gasteiger partial charge in [0.1, 0.15) is 6.04 Å². The van der Waals surface area contributed by atoms with E-state index >= 15 is 0 Å². The number of hydrogen-bond acceptors (Lipinski definition) is 3. The summed E-state index contributed by atoms with van der Waals surface area (Å²) in [5.74, 6) is 0.999. The molecule has 0 heterocycles. The van der Waals surface area contributed by atoms with Crippen molar-refractivity contribution in [3.8, 4) is 0 Å². The lowest BCUT2D eigenvalue weighted by atomic mass is 10.1. The van der Waals surface area contributed by atoms with E-state index in [2.05, 4.69) is 37.4 Å². The predicted octanol–water partition coefficient (Wildman–Crippen LogP) is 6.03. The molecule has 32 heavy (non-hydrogen) atoms. The maximum atomic E-state index is 13.2. The summed E-state index contributed by atoms with van der Waals surface area (Å²) >= 11 is 14.2. The molecule has 0 aliphatic carbocycles. The van der Waals surface area contributed by atoms with E-state index in [9.17, 15) is 9.59 Å². The van der Waals surface area contributed by atoms with E-state index in [0.29, 0.717) is 28.1 Å². The summed E-state index contributed by atoms with van der Waals surface area (Å²) in [7, 11) is 0. The third-order valence-electron chi connectivity index (χ3n) is 5.02. The molecule has 0 aromatic heterocycles. The van der Waals surface area contributed by atoms with Gasteiger partial charge in [-0.1, -0.05) is 72.4 Å². The average molecular weight is 496 g/mol. The Balaban J connectivity index is 2.14. The number of carbonyl (C=O) groups excluding carboxylic acids is 2. The van der Waals surface area contributed by atoms with Crippen LogP contribution in [0.2, 0.25) is 10.0 Å². The maximum absolute atomic E-state index is 13.2. The molecule has 0 aliphatic heterocycles. The highest BCUT2D eigenvalue weighted by Gasteiger charge is 2.27. The van der Waals surface area contributed by atoms with Gasteiger partial charge in [-0.2, -0.15) is 0 Å². The summed E-state index contributed by atoms with van der Waals surface area (Å²) < 4.78 is 0. The summed E-state index contributed by atoms with van der Waals surface area (Å²) in [5, 5.41) is 3.88. The fraction of sp³-hybridized carbons (Fsp3) is 0.440. The van der Waals surface area contributed by atoms with E-state index in [1.807, 2.05) is 13.8 Å². The number of hydrogen-bond donors (Lipinski definition) is 1. The first-order chi connectivity index (χ1) is 15.1. The Morgan fingerprint density at radius 3 is 2.19 bits per heavy atom. The summed E-state index contributed by atoms with van der Waals surface area (Å²) in [4.78, 5) is 27.5. The smallest absolute Gasteiger partial charge is 0.242 e. The van der Waals surface area contributed by atoms with Gasteiger partial charge in [-0.15, -0.1) is 11.8 Å². The SMILES string of the molecule is Cc1cc(C)cc(CSCC(=O)N(Cc2c(Cl)cccc2Cl)C(C)C(=O)NCC(C)C)c1. The molecule has 0 aliphatic rings. The van der Waals surface area contributed by atoms with E-state index < -0.39 is 6.04 Å². The lowest BCUT2D eigenvalue weighted by molar-refractivity contribution is -0.138. The van der Waals surface area contributed by atoms with Crippen molar-refractivity contribution in [1.29, 1.82) is 0 Å². The average Bonchev–Trinajstić information content (AvgIpc) is 2.70. The van der Waals surface area contributed by atoms with Gasteiger partial charge >= 0.3 is 0 Å². The van der Waals surface area contributed by atoms with Gasteiger partial charge in [0, 0.05) is 34.5 Å². The number of carbonyl (C=O) groups is 2. The Labute approximate surface area is 206 Å². The summed E-state index contributed by atoms with van der Waals surface area (Å²) in [6.45, 7) is 10.7. The number of nitrogens with one attached hydrogen (secondary N) is 1. The number of rotatable bonds is 10. The molecule has 2 rings (SSSR count). The monoisotopic (exact) mass is 494 g/mol. The fourth-order valence-electron chi connectivity index (χ4n) is 3.38. The second kappa shape index (κ2) is 12.5. The van der Waals surface area contributed by atoms with Crippen molar-refractivity contribution >= 4 is 46.8 Å². The van der Waals surface area contributed by atoms with Gasteiger partial charge in [-0.05, 0) is 44.4 Å². The quantitative estimate of drug-likeness (QED) is 0.438. The fourth-order valence-corrected chi connectivity index (χ4v) is 4.74. The van der Waals surface area contributed by atoms with Crippen molar-refractivity contribution in [1.82, 2.24) is 10.2 Å². The van der Waals surface area contributed by atoms with Crippen LogP contribution in [0.5, 0.6) is 0 Å². The first-order valence-electron chi connectivity index (χ1n) is 10.7. The number of benzene rings is 2. The van der Waals surface area contributed by atoms with Crippen molar-refractivity contribution in [2.24, 2.45) is 5.92 Å². The molecule has 2 amide bonds. The van der Waals surface area contributed by atoms with E-state index in [1.165, 1.54) is 28.5 Å². The van der Waals surface area contributed by atoms with Gasteiger partial charge < -0.3 is 10.2 Å². The normalized spacial score (nSPS) is 12.0. The number of halogens is 2. The van der Waals surface area contributed by atoms with E-state index in [-0.39, 0.29) is 24.1 Å². The van der Waals surface area contributed by atoms with Crippen LogP contribution in [0.4, 0.5) is 0 Å². The molecule has 0 saturated heterocycles. The zero-order valence-electron chi connectivity index (χ0n) is 19.4.